The number of phenols is 1. The van der Waals surface area contributed by atoms with Crippen molar-refractivity contribution in [2.24, 2.45) is 62.6 Å². The molecule has 0 amide bonds. The Balaban J connectivity index is 1.14. The van der Waals surface area contributed by atoms with E-state index in [1.165, 1.54) is 18.2 Å². The molecule has 0 aliphatic heterocycles. The smallest absolute Gasteiger partial charge is 0.317 e. The quantitative estimate of drug-likeness (QED) is 0.139. The molecule has 0 aromatic heterocycles. The number of aryl methyl sites for hydroxylation is 1. The largest absolute Gasteiger partial charge is 0.507 e. The fourth-order valence-electron chi connectivity index (χ4n) is 14.4. The van der Waals surface area contributed by atoms with Gasteiger partial charge in [-0.2, -0.15) is 0 Å². The van der Waals surface area contributed by atoms with Crippen LogP contribution in [-0.2, 0) is 9.59 Å². The predicted octanol–water partition coefficient (Wildman–Crippen LogP) is 8.32. The maximum absolute atomic E-state index is 14.8. The molecule has 8 rings (SSSR count). The summed E-state index contributed by atoms with van der Waals surface area (Å²) in [6, 6.07) is 7.67. The Morgan fingerprint density at radius 1 is 0.830 bits per heavy atom. The summed E-state index contributed by atoms with van der Waals surface area (Å²) in [6.45, 7) is 19.3. The third-order valence-electron chi connectivity index (χ3n) is 17.0. The summed E-state index contributed by atoms with van der Waals surface area (Å²) in [6.07, 6.45) is 5.58. The molecule has 8 heteroatoms. The highest BCUT2D eigenvalue weighted by Crippen LogP contribution is 2.79. The van der Waals surface area contributed by atoms with Crippen LogP contribution < -0.4 is 4.74 Å². The first-order valence-corrected chi connectivity index (χ1v) is 19.6. The van der Waals surface area contributed by atoms with Gasteiger partial charge in [0.2, 0.25) is 0 Å². The molecule has 0 bridgehead atoms. The van der Waals surface area contributed by atoms with E-state index in [1.807, 2.05) is 0 Å². The molecule has 11 atom stereocenters. The highest BCUT2D eigenvalue weighted by Gasteiger charge is 2.76. The van der Waals surface area contributed by atoms with Gasteiger partial charge in [0.25, 0.3) is 0 Å². The van der Waals surface area contributed by atoms with Crippen LogP contribution in [0, 0.1) is 69.5 Å². The molecule has 53 heavy (non-hydrogen) atoms. The van der Waals surface area contributed by atoms with Gasteiger partial charge in [0, 0.05) is 16.7 Å². The Bertz CT molecular complexity index is 2010. The van der Waals surface area contributed by atoms with E-state index in [4.69, 9.17) is 4.74 Å². The Hall–Kier alpha value is -3.78. The highest BCUT2D eigenvalue weighted by atomic mass is 16.5. The van der Waals surface area contributed by atoms with Crippen LogP contribution in [0.25, 0.3) is 0 Å². The van der Waals surface area contributed by atoms with Gasteiger partial charge in [0.05, 0.1) is 23.0 Å². The molecule has 7 unspecified atom stereocenters. The third kappa shape index (κ3) is 4.45. The number of allylic oxidation sites excluding steroid dienone is 1. The maximum Gasteiger partial charge on any atom is 0.317 e. The van der Waals surface area contributed by atoms with Gasteiger partial charge in [-0.1, -0.05) is 46.8 Å². The number of hydrogen-bond acceptors (Lipinski definition) is 7. The number of aliphatic hydroxyl groups excluding tert-OH is 1. The monoisotopic (exact) mass is 722 g/mol. The standard InChI is InChI=1S/C45H54O8/c1-22(2)25-13-16-45(40(52)53-24-9-10-26-27(21-24)36(47)28-19-23(3)20-30(46)33(28)37(26)48)18-17-42(6)29(34(25)45)11-12-32-43(42,7)15-14-31-41(4,5)38(49)35(39(50)51)44(31,32)8/h9-10,19-21,25,29,31-32,34-35,38,46,49H,1,11-18H2,2-8H3,(H,50,51)/t25?,29?,31?,32?,34?,35?,38?,42-,43-,44+,45+/m1/s1. The molecule has 0 spiro atoms. The van der Waals surface area contributed by atoms with Crippen molar-refractivity contribution >= 4 is 23.5 Å². The van der Waals surface area contributed by atoms with E-state index < -0.39 is 45.8 Å². The van der Waals surface area contributed by atoms with Gasteiger partial charge in [0.15, 0.2) is 11.6 Å². The minimum absolute atomic E-state index is 0.00109. The number of benzene rings is 2. The number of ketones is 2. The lowest BCUT2D eigenvalue weighted by Crippen LogP contribution is -2.65. The first kappa shape index (κ1) is 36.2. The molecule has 5 saturated carbocycles. The fraction of sp³-hybridized carbons (Fsp3) is 0.600. The molecule has 2 aromatic carbocycles. The van der Waals surface area contributed by atoms with E-state index in [1.54, 1.807) is 19.1 Å². The minimum Gasteiger partial charge on any atom is -0.507 e. The van der Waals surface area contributed by atoms with Crippen molar-refractivity contribution in [3.8, 4) is 11.5 Å². The SMILES string of the molecule is C=C(C)C1CC[C@]2(C(=O)Oc3ccc4c(c3)C(=O)c3cc(C)cc(O)c3C4=O)CC[C@]3(C)C(CCC4[C@@]5(C)C(C(=O)O)C(O)C(C)(C)C5CC[C@]43C)C12. The Morgan fingerprint density at radius 2 is 1.55 bits per heavy atom. The van der Waals surface area contributed by atoms with Crippen molar-refractivity contribution in [2.45, 2.75) is 106 Å². The zero-order valence-corrected chi connectivity index (χ0v) is 32.2. The first-order chi connectivity index (χ1) is 24.8. The van der Waals surface area contributed by atoms with E-state index in [9.17, 15) is 34.5 Å². The summed E-state index contributed by atoms with van der Waals surface area (Å²) in [7, 11) is 0. The summed E-state index contributed by atoms with van der Waals surface area (Å²) >= 11 is 0. The first-order valence-electron chi connectivity index (χ1n) is 19.6. The molecule has 2 aromatic rings. The number of carbonyl (C=O) groups excluding carboxylic acids is 3. The van der Waals surface area contributed by atoms with Crippen LogP contribution in [0.2, 0.25) is 0 Å². The number of aromatic hydroxyl groups is 1. The average molecular weight is 723 g/mol. The second kappa shape index (κ2) is 11.4. The normalized spacial score (nSPS) is 40.6. The molecular weight excluding hydrogens is 668 g/mol. The molecule has 6 aliphatic rings. The van der Waals surface area contributed by atoms with Crippen molar-refractivity contribution in [1.29, 1.82) is 0 Å². The second-order valence-electron chi connectivity index (χ2n) is 19.2. The van der Waals surface area contributed by atoms with Crippen LogP contribution in [0.1, 0.15) is 130 Å². The number of rotatable bonds is 4. The maximum atomic E-state index is 14.8. The lowest BCUT2D eigenvalue weighted by molar-refractivity contribution is -0.227. The van der Waals surface area contributed by atoms with Crippen molar-refractivity contribution in [1.82, 2.24) is 0 Å². The van der Waals surface area contributed by atoms with Crippen LogP contribution >= 0.6 is 0 Å². The van der Waals surface area contributed by atoms with Crippen molar-refractivity contribution in [3.05, 3.63) is 70.3 Å². The van der Waals surface area contributed by atoms with Crippen molar-refractivity contribution in [2.75, 3.05) is 0 Å². The van der Waals surface area contributed by atoms with Crippen LogP contribution in [0.3, 0.4) is 0 Å². The molecule has 0 radical (unpaired) electrons. The average Bonchev–Trinajstić information content (AvgIpc) is 3.55. The molecular formula is C45H54O8. The zero-order chi connectivity index (χ0) is 38.4. The van der Waals surface area contributed by atoms with Crippen LogP contribution in [-0.4, -0.2) is 44.9 Å². The Labute approximate surface area is 312 Å². The number of carboxylic acids is 1. The van der Waals surface area contributed by atoms with Gasteiger partial charge in [-0.05, 0) is 152 Å². The number of carboxylic acid groups (broad SMARTS) is 1. The summed E-state index contributed by atoms with van der Waals surface area (Å²) in [4.78, 5) is 54.8. The Morgan fingerprint density at radius 3 is 2.23 bits per heavy atom. The number of ether oxygens (including phenoxy) is 1. The fourth-order valence-corrected chi connectivity index (χ4v) is 14.4. The molecule has 0 saturated heterocycles. The Kier molecular flexibility index (Phi) is 7.77. The van der Waals surface area contributed by atoms with E-state index >= 15 is 0 Å². The second-order valence-corrected chi connectivity index (χ2v) is 19.2. The van der Waals surface area contributed by atoms with Gasteiger partial charge < -0.3 is 20.1 Å². The summed E-state index contributed by atoms with van der Waals surface area (Å²) in [5, 5.41) is 32.7. The topological polar surface area (TPSA) is 138 Å². The van der Waals surface area contributed by atoms with Gasteiger partial charge in [0.1, 0.15) is 11.5 Å². The molecule has 0 heterocycles. The van der Waals surface area contributed by atoms with Gasteiger partial charge in [-0.3, -0.25) is 19.2 Å². The molecule has 6 aliphatic carbocycles. The number of fused-ring (bicyclic) bond motifs is 9. The van der Waals surface area contributed by atoms with Crippen LogP contribution in [0.15, 0.2) is 42.5 Å². The van der Waals surface area contributed by atoms with Gasteiger partial charge in [-0.15, -0.1) is 0 Å². The number of aliphatic carboxylic acids is 1. The molecule has 282 valence electrons. The van der Waals surface area contributed by atoms with Crippen LogP contribution in [0.5, 0.6) is 11.5 Å². The number of esters is 1. The van der Waals surface area contributed by atoms with Gasteiger partial charge in [-0.25, -0.2) is 0 Å². The summed E-state index contributed by atoms with van der Waals surface area (Å²) in [5.41, 5.74) is 0.0204. The number of aliphatic hydroxyl groups is 1. The lowest BCUT2D eigenvalue weighted by Gasteiger charge is -2.70. The molecule has 5 fully saturated rings. The highest BCUT2D eigenvalue weighted by molar-refractivity contribution is 6.29. The predicted molar refractivity (Wildman–Crippen MR) is 199 cm³/mol. The lowest BCUT2D eigenvalue weighted by atomic mass is 9.34. The van der Waals surface area contributed by atoms with E-state index in [0.717, 1.165) is 44.1 Å². The van der Waals surface area contributed by atoms with Crippen LogP contribution in [0.4, 0.5) is 0 Å². The van der Waals surface area contributed by atoms with Crippen molar-refractivity contribution < 1.29 is 39.2 Å². The third-order valence-corrected chi connectivity index (χ3v) is 17.0. The number of phenolic OH excluding ortho intramolecular Hbond substituents is 1. The minimum atomic E-state index is -0.915. The number of hydrogen-bond donors (Lipinski definition) is 3. The summed E-state index contributed by atoms with van der Waals surface area (Å²) in [5.74, 6) is -2.34. The van der Waals surface area contributed by atoms with E-state index in [0.29, 0.717) is 18.4 Å². The van der Waals surface area contributed by atoms with Crippen molar-refractivity contribution in [3.63, 3.8) is 0 Å². The van der Waals surface area contributed by atoms with E-state index in [-0.39, 0.29) is 80.1 Å². The molecule has 8 nitrogen and oxygen atoms in total. The van der Waals surface area contributed by atoms with Gasteiger partial charge >= 0.3 is 11.9 Å². The summed E-state index contributed by atoms with van der Waals surface area (Å²) < 4.78 is 6.29. The molecule has 3 N–H and O–H groups in total. The van der Waals surface area contributed by atoms with E-state index in [2.05, 4.69) is 48.1 Å². The zero-order valence-electron chi connectivity index (χ0n) is 32.2. The number of carbonyl (C=O) groups is 4.